The number of benzene rings is 1. The van der Waals surface area contributed by atoms with E-state index in [1.807, 2.05) is 6.07 Å². The zero-order valence-electron chi connectivity index (χ0n) is 13.9. The number of nitrogens with zero attached hydrogens (tertiary/aromatic N) is 1. The molecule has 2 aliphatic carbocycles. The molecule has 24 heavy (non-hydrogen) atoms. The van der Waals surface area contributed by atoms with E-state index in [0.29, 0.717) is 35.6 Å². The number of nitrogens with one attached hydrogen (secondary N) is 2. The monoisotopic (exact) mass is 445 g/mol. The van der Waals surface area contributed by atoms with Gasteiger partial charge in [-0.05, 0) is 25.3 Å². The van der Waals surface area contributed by atoms with E-state index in [9.17, 15) is 4.39 Å². The number of guanidine groups is 1. The summed E-state index contributed by atoms with van der Waals surface area (Å²) in [5.74, 6) is 1.18. The Morgan fingerprint density at radius 2 is 2.17 bits per heavy atom. The highest BCUT2D eigenvalue weighted by atomic mass is 127. The van der Waals surface area contributed by atoms with Gasteiger partial charge in [0.2, 0.25) is 0 Å². The van der Waals surface area contributed by atoms with Crippen LogP contribution in [0.15, 0.2) is 29.3 Å². The van der Waals surface area contributed by atoms with Crippen LogP contribution in [0.4, 0.5) is 4.39 Å². The summed E-state index contributed by atoms with van der Waals surface area (Å²) in [5, 5.41) is 6.84. The summed E-state index contributed by atoms with van der Waals surface area (Å²) in [6.07, 6.45) is 5.37. The molecule has 4 nitrogen and oxygen atoms in total. The van der Waals surface area contributed by atoms with Crippen LogP contribution in [0.25, 0.3) is 0 Å². The molecule has 4 rings (SSSR count). The summed E-state index contributed by atoms with van der Waals surface area (Å²) in [6, 6.07) is 7.29. The zero-order chi connectivity index (χ0) is 15.9. The SMILES string of the molecule is CN=C(NCc1ccccc1F)NC1C2CCOC2C12CCC2.I. The molecule has 0 radical (unpaired) electrons. The Kier molecular flexibility index (Phi) is 5.34. The van der Waals surface area contributed by atoms with Crippen LogP contribution >= 0.6 is 24.0 Å². The van der Waals surface area contributed by atoms with E-state index in [-0.39, 0.29) is 29.8 Å². The predicted octanol–water partition coefficient (Wildman–Crippen LogP) is 3.07. The van der Waals surface area contributed by atoms with Crippen LogP contribution in [-0.2, 0) is 11.3 Å². The molecular weight excluding hydrogens is 420 g/mol. The minimum absolute atomic E-state index is 0. The third-order valence-corrected chi connectivity index (χ3v) is 5.96. The second-order valence-electron chi connectivity index (χ2n) is 6.97. The van der Waals surface area contributed by atoms with Gasteiger partial charge in [-0.25, -0.2) is 4.39 Å². The molecular formula is C18H25FIN3O. The number of hydrogen-bond acceptors (Lipinski definition) is 2. The maximum atomic E-state index is 13.7. The third-order valence-electron chi connectivity index (χ3n) is 5.96. The number of rotatable bonds is 3. The highest BCUT2D eigenvalue weighted by Gasteiger charge is 2.66. The Morgan fingerprint density at radius 1 is 1.38 bits per heavy atom. The number of halogens is 2. The van der Waals surface area contributed by atoms with Gasteiger partial charge in [0.25, 0.3) is 0 Å². The van der Waals surface area contributed by atoms with Gasteiger partial charge in [0.1, 0.15) is 5.82 Å². The van der Waals surface area contributed by atoms with E-state index >= 15 is 0 Å². The lowest BCUT2D eigenvalue weighted by atomic mass is 9.46. The Bertz CT molecular complexity index is 620. The molecule has 1 aromatic rings. The van der Waals surface area contributed by atoms with E-state index < -0.39 is 0 Å². The van der Waals surface area contributed by atoms with Gasteiger partial charge >= 0.3 is 0 Å². The lowest BCUT2D eigenvalue weighted by Crippen LogP contribution is -2.72. The van der Waals surface area contributed by atoms with Gasteiger partial charge in [-0.3, -0.25) is 4.99 Å². The molecule has 3 unspecified atom stereocenters. The molecule has 1 heterocycles. The van der Waals surface area contributed by atoms with Gasteiger partial charge in [0.15, 0.2) is 5.96 Å². The second kappa shape index (κ2) is 7.15. The quantitative estimate of drug-likeness (QED) is 0.427. The van der Waals surface area contributed by atoms with Crippen molar-refractivity contribution in [1.29, 1.82) is 0 Å². The fourth-order valence-corrected chi connectivity index (χ4v) is 4.62. The molecule has 3 atom stereocenters. The highest BCUT2D eigenvalue weighted by molar-refractivity contribution is 14.0. The molecule has 1 aromatic carbocycles. The first-order valence-electron chi connectivity index (χ1n) is 8.57. The van der Waals surface area contributed by atoms with Crippen LogP contribution in [0.2, 0.25) is 0 Å². The van der Waals surface area contributed by atoms with E-state index in [4.69, 9.17) is 4.74 Å². The van der Waals surface area contributed by atoms with Crippen molar-refractivity contribution in [3.05, 3.63) is 35.6 Å². The second-order valence-corrected chi connectivity index (χ2v) is 6.97. The first kappa shape index (κ1) is 17.9. The van der Waals surface area contributed by atoms with Crippen molar-refractivity contribution in [3.63, 3.8) is 0 Å². The van der Waals surface area contributed by atoms with Crippen LogP contribution in [0.3, 0.4) is 0 Å². The van der Waals surface area contributed by atoms with E-state index in [0.717, 1.165) is 19.0 Å². The normalized spacial score (nSPS) is 29.9. The van der Waals surface area contributed by atoms with Crippen LogP contribution in [0.5, 0.6) is 0 Å². The van der Waals surface area contributed by atoms with Gasteiger partial charge in [-0.1, -0.05) is 24.6 Å². The molecule has 3 aliphatic rings. The summed E-state index contributed by atoms with van der Waals surface area (Å²) in [5.41, 5.74) is 0.973. The molecule has 0 amide bonds. The lowest BCUT2D eigenvalue weighted by Gasteiger charge is -2.63. The number of ether oxygens (including phenoxy) is 1. The van der Waals surface area contributed by atoms with Gasteiger partial charge in [0, 0.05) is 43.1 Å². The summed E-state index contributed by atoms with van der Waals surface area (Å²) >= 11 is 0. The average Bonchev–Trinajstić information content (AvgIpc) is 2.92. The third kappa shape index (κ3) is 2.81. The van der Waals surface area contributed by atoms with Crippen molar-refractivity contribution < 1.29 is 9.13 Å². The Balaban J connectivity index is 0.00000169. The Labute approximate surface area is 159 Å². The van der Waals surface area contributed by atoms with E-state index in [1.54, 1.807) is 19.2 Å². The molecule has 0 bridgehead atoms. The minimum Gasteiger partial charge on any atom is -0.377 e. The molecule has 2 saturated carbocycles. The zero-order valence-corrected chi connectivity index (χ0v) is 16.3. The molecule has 3 fully saturated rings. The van der Waals surface area contributed by atoms with Crippen LogP contribution in [0, 0.1) is 17.2 Å². The topological polar surface area (TPSA) is 45.7 Å². The molecule has 6 heteroatoms. The first-order valence-corrected chi connectivity index (χ1v) is 8.57. The summed E-state index contributed by atoms with van der Waals surface area (Å²) in [4.78, 5) is 4.32. The molecule has 132 valence electrons. The fraction of sp³-hybridized carbons (Fsp3) is 0.611. The van der Waals surface area contributed by atoms with Gasteiger partial charge < -0.3 is 15.4 Å². The highest BCUT2D eigenvalue weighted by Crippen LogP contribution is 2.62. The smallest absolute Gasteiger partial charge is 0.191 e. The van der Waals surface area contributed by atoms with Crippen LogP contribution < -0.4 is 10.6 Å². The Hall–Kier alpha value is -0.890. The number of hydrogen-bond donors (Lipinski definition) is 2. The van der Waals surface area contributed by atoms with Crippen molar-refractivity contribution in [1.82, 2.24) is 10.6 Å². The van der Waals surface area contributed by atoms with Gasteiger partial charge in [0.05, 0.1) is 6.10 Å². The van der Waals surface area contributed by atoms with Crippen molar-refractivity contribution >= 4 is 29.9 Å². The fourth-order valence-electron chi connectivity index (χ4n) is 4.62. The van der Waals surface area contributed by atoms with E-state index in [1.165, 1.54) is 25.3 Å². The number of aliphatic imine (C=N–C) groups is 1. The maximum absolute atomic E-state index is 13.7. The van der Waals surface area contributed by atoms with Crippen molar-refractivity contribution in [2.75, 3.05) is 13.7 Å². The largest absolute Gasteiger partial charge is 0.377 e. The van der Waals surface area contributed by atoms with Crippen LogP contribution in [-0.4, -0.2) is 31.8 Å². The number of fused-ring (bicyclic) bond motifs is 2. The molecule has 0 aromatic heterocycles. The lowest BCUT2D eigenvalue weighted by molar-refractivity contribution is -0.171. The average molecular weight is 445 g/mol. The minimum atomic E-state index is -0.182. The summed E-state index contributed by atoms with van der Waals surface area (Å²) in [6.45, 7) is 1.33. The molecule has 1 saturated heterocycles. The summed E-state index contributed by atoms with van der Waals surface area (Å²) < 4.78 is 19.7. The maximum Gasteiger partial charge on any atom is 0.191 e. The standard InChI is InChI=1S/C18H24FN3O.HI/c1-20-17(21-11-12-5-2-3-6-14(12)19)22-15-13-7-10-23-16(13)18(15)8-4-9-18;/h2-3,5-6,13,15-16H,4,7-11H2,1H3,(H2,20,21,22);1H. The first-order chi connectivity index (χ1) is 11.2. The van der Waals surface area contributed by atoms with Crippen molar-refractivity contribution in [3.8, 4) is 0 Å². The summed E-state index contributed by atoms with van der Waals surface area (Å²) in [7, 11) is 1.77. The van der Waals surface area contributed by atoms with Crippen molar-refractivity contribution in [2.24, 2.45) is 16.3 Å². The van der Waals surface area contributed by atoms with Crippen molar-refractivity contribution in [2.45, 2.75) is 44.4 Å². The van der Waals surface area contributed by atoms with E-state index in [2.05, 4.69) is 15.6 Å². The Morgan fingerprint density at radius 3 is 2.83 bits per heavy atom. The van der Waals surface area contributed by atoms with Gasteiger partial charge in [-0.2, -0.15) is 0 Å². The molecule has 1 aliphatic heterocycles. The van der Waals surface area contributed by atoms with Crippen LogP contribution in [0.1, 0.15) is 31.2 Å². The molecule has 2 N–H and O–H groups in total. The van der Waals surface area contributed by atoms with Gasteiger partial charge in [-0.15, -0.1) is 24.0 Å². The molecule has 1 spiro atoms. The predicted molar refractivity (Wildman–Crippen MR) is 103 cm³/mol.